The van der Waals surface area contributed by atoms with Crippen molar-refractivity contribution in [2.24, 2.45) is 5.10 Å². The summed E-state index contributed by atoms with van der Waals surface area (Å²) < 4.78 is 16.1. The fourth-order valence-electron chi connectivity index (χ4n) is 2.15. The molecule has 0 spiro atoms. The van der Waals surface area contributed by atoms with E-state index in [4.69, 9.17) is 14.2 Å². The van der Waals surface area contributed by atoms with Gasteiger partial charge in [0.2, 0.25) is 6.10 Å². The normalized spacial score (nSPS) is 16.0. The molecule has 0 aliphatic carbocycles. The Hall–Kier alpha value is -3.22. The second-order valence-corrected chi connectivity index (χ2v) is 5.02. The Morgan fingerprint density at radius 1 is 1.33 bits per heavy atom. The summed E-state index contributed by atoms with van der Waals surface area (Å²) in [5.41, 5.74) is 2.79. The van der Waals surface area contributed by atoms with E-state index in [1.807, 2.05) is 6.07 Å². The first-order valence-electron chi connectivity index (χ1n) is 7.26. The Morgan fingerprint density at radius 2 is 2.12 bits per heavy atom. The van der Waals surface area contributed by atoms with Gasteiger partial charge >= 0.3 is 0 Å². The van der Waals surface area contributed by atoms with Gasteiger partial charge in [0.25, 0.3) is 5.91 Å². The fourth-order valence-corrected chi connectivity index (χ4v) is 2.15. The number of hydrogen-bond donors (Lipinski definition) is 2. The molecule has 2 aromatic rings. The summed E-state index contributed by atoms with van der Waals surface area (Å²) in [6.07, 6.45) is 0.531. The van der Waals surface area contributed by atoms with E-state index in [1.165, 1.54) is 19.4 Å². The minimum atomic E-state index is -0.795. The van der Waals surface area contributed by atoms with Gasteiger partial charge in [0.15, 0.2) is 11.5 Å². The topological polar surface area (TPSA) is 89.4 Å². The van der Waals surface area contributed by atoms with Crippen LogP contribution in [0.15, 0.2) is 47.6 Å². The number of ether oxygens (including phenoxy) is 3. The standard InChI is InChI=1S/C17H16N2O5/c1-22-12-6-7-13(20)11(8-12)9-18-19-17(21)16-10-23-14-4-2-3-5-15(14)24-16/h2-9,16,20H,10H2,1H3,(H,19,21)/b18-9+. The highest BCUT2D eigenvalue weighted by molar-refractivity contribution is 5.87. The van der Waals surface area contributed by atoms with Gasteiger partial charge in [0.05, 0.1) is 13.3 Å². The molecule has 7 heteroatoms. The van der Waals surface area contributed by atoms with Gasteiger partial charge in [-0.2, -0.15) is 5.10 Å². The quantitative estimate of drug-likeness (QED) is 0.658. The van der Waals surface area contributed by atoms with Gasteiger partial charge in [0, 0.05) is 5.56 Å². The number of benzene rings is 2. The van der Waals surface area contributed by atoms with Crippen LogP contribution in [0, 0.1) is 0 Å². The summed E-state index contributed by atoms with van der Waals surface area (Å²) >= 11 is 0. The highest BCUT2D eigenvalue weighted by atomic mass is 16.6. The summed E-state index contributed by atoms with van der Waals surface area (Å²) in [5.74, 6) is 1.27. The van der Waals surface area contributed by atoms with E-state index >= 15 is 0 Å². The van der Waals surface area contributed by atoms with Gasteiger partial charge < -0.3 is 19.3 Å². The van der Waals surface area contributed by atoms with E-state index in [0.29, 0.717) is 22.8 Å². The number of para-hydroxylation sites is 2. The number of amides is 1. The molecule has 1 amide bonds. The predicted molar refractivity (Wildman–Crippen MR) is 86.7 cm³/mol. The highest BCUT2D eigenvalue weighted by Crippen LogP contribution is 2.30. The van der Waals surface area contributed by atoms with E-state index < -0.39 is 12.0 Å². The first-order chi connectivity index (χ1) is 11.7. The summed E-state index contributed by atoms with van der Waals surface area (Å²) in [6, 6.07) is 11.8. The molecule has 2 N–H and O–H groups in total. The zero-order valence-corrected chi connectivity index (χ0v) is 12.9. The maximum absolute atomic E-state index is 12.1. The van der Waals surface area contributed by atoms with Gasteiger partial charge in [-0.05, 0) is 30.3 Å². The van der Waals surface area contributed by atoms with E-state index in [2.05, 4.69) is 10.5 Å². The number of hydrogen-bond acceptors (Lipinski definition) is 6. The molecule has 0 bridgehead atoms. The van der Waals surface area contributed by atoms with Crippen LogP contribution in [-0.2, 0) is 4.79 Å². The molecule has 1 atom stereocenters. The number of aromatic hydroxyl groups is 1. The first-order valence-corrected chi connectivity index (χ1v) is 7.26. The predicted octanol–water partition coefficient (Wildman–Crippen LogP) is 1.69. The Balaban J connectivity index is 1.62. The molecule has 3 rings (SSSR count). The zero-order valence-electron chi connectivity index (χ0n) is 12.9. The summed E-state index contributed by atoms with van der Waals surface area (Å²) in [5, 5.41) is 13.6. The number of nitrogens with one attached hydrogen (secondary N) is 1. The maximum atomic E-state index is 12.1. The first kappa shape index (κ1) is 15.7. The van der Waals surface area contributed by atoms with Crippen molar-refractivity contribution in [1.82, 2.24) is 5.43 Å². The number of carbonyl (C=O) groups excluding carboxylic acids is 1. The lowest BCUT2D eigenvalue weighted by Gasteiger charge is -2.24. The number of nitrogens with zero attached hydrogens (tertiary/aromatic N) is 1. The van der Waals surface area contributed by atoms with Crippen molar-refractivity contribution in [2.45, 2.75) is 6.10 Å². The van der Waals surface area contributed by atoms with Crippen molar-refractivity contribution in [1.29, 1.82) is 0 Å². The summed E-state index contributed by atoms with van der Waals surface area (Å²) in [4.78, 5) is 12.1. The molecule has 2 aromatic carbocycles. The van der Waals surface area contributed by atoms with Crippen LogP contribution in [0.5, 0.6) is 23.0 Å². The van der Waals surface area contributed by atoms with E-state index in [1.54, 1.807) is 30.3 Å². The minimum absolute atomic E-state index is 0.0278. The number of phenolic OH excluding ortho intramolecular Hbond substituents is 1. The van der Waals surface area contributed by atoms with E-state index in [-0.39, 0.29) is 12.4 Å². The number of hydrazone groups is 1. The molecular formula is C17H16N2O5. The molecule has 0 radical (unpaired) electrons. The lowest BCUT2D eigenvalue weighted by atomic mass is 10.2. The van der Waals surface area contributed by atoms with Crippen LogP contribution in [0.25, 0.3) is 0 Å². The molecule has 0 aromatic heterocycles. The van der Waals surface area contributed by atoms with Crippen molar-refractivity contribution in [3.63, 3.8) is 0 Å². The largest absolute Gasteiger partial charge is 0.507 e. The van der Waals surface area contributed by atoms with Crippen LogP contribution >= 0.6 is 0 Å². The molecule has 24 heavy (non-hydrogen) atoms. The van der Waals surface area contributed by atoms with Crippen LogP contribution in [0.2, 0.25) is 0 Å². The minimum Gasteiger partial charge on any atom is -0.507 e. The smallest absolute Gasteiger partial charge is 0.284 e. The number of methoxy groups -OCH3 is 1. The third-order valence-corrected chi connectivity index (χ3v) is 3.41. The zero-order chi connectivity index (χ0) is 16.9. The molecule has 7 nitrogen and oxygen atoms in total. The highest BCUT2D eigenvalue weighted by Gasteiger charge is 2.26. The molecule has 0 saturated heterocycles. The Kier molecular flexibility index (Phi) is 4.51. The number of fused-ring (bicyclic) bond motifs is 1. The molecule has 1 heterocycles. The average Bonchev–Trinajstić information content (AvgIpc) is 2.62. The number of rotatable bonds is 4. The van der Waals surface area contributed by atoms with Gasteiger partial charge in [-0.1, -0.05) is 12.1 Å². The van der Waals surface area contributed by atoms with Crippen molar-refractivity contribution >= 4 is 12.1 Å². The lowest BCUT2D eigenvalue weighted by molar-refractivity contribution is -0.130. The third-order valence-electron chi connectivity index (χ3n) is 3.41. The van der Waals surface area contributed by atoms with Crippen LogP contribution in [0.4, 0.5) is 0 Å². The molecule has 0 saturated carbocycles. The fraction of sp³-hybridized carbons (Fsp3) is 0.176. The van der Waals surface area contributed by atoms with Crippen molar-refractivity contribution < 1.29 is 24.1 Å². The summed E-state index contributed by atoms with van der Waals surface area (Å²) in [7, 11) is 1.52. The molecule has 124 valence electrons. The molecule has 0 fully saturated rings. The van der Waals surface area contributed by atoms with Gasteiger partial charge in [-0.25, -0.2) is 5.43 Å². The van der Waals surface area contributed by atoms with Crippen LogP contribution in [0.1, 0.15) is 5.56 Å². The van der Waals surface area contributed by atoms with Crippen molar-refractivity contribution in [3.05, 3.63) is 48.0 Å². The van der Waals surface area contributed by atoms with Crippen LogP contribution < -0.4 is 19.6 Å². The average molecular weight is 328 g/mol. The van der Waals surface area contributed by atoms with E-state index in [9.17, 15) is 9.90 Å². The monoisotopic (exact) mass is 328 g/mol. The second-order valence-electron chi connectivity index (χ2n) is 5.02. The van der Waals surface area contributed by atoms with E-state index in [0.717, 1.165) is 0 Å². The van der Waals surface area contributed by atoms with Crippen molar-refractivity contribution in [3.8, 4) is 23.0 Å². The Morgan fingerprint density at radius 3 is 2.92 bits per heavy atom. The Labute approximate surface area is 138 Å². The molecular weight excluding hydrogens is 312 g/mol. The maximum Gasteiger partial charge on any atom is 0.284 e. The van der Waals surface area contributed by atoms with Crippen LogP contribution in [0.3, 0.4) is 0 Å². The van der Waals surface area contributed by atoms with Gasteiger partial charge in [0.1, 0.15) is 18.1 Å². The third kappa shape index (κ3) is 3.40. The number of carbonyl (C=O) groups is 1. The molecule has 1 aliphatic heterocycles. The van der Waals surface area contributed by atoms with Crippen LogP contribution in [-0.4, -0.2) is 37.0 Å². The second kappa shape index (κ2) is 6.91. The molecule has 1 aliphatic rings. The molecule has 1 unspecified atom stereocenters. The summed E-state index contributed by atoms with van der Waals surface area (Å²) in [6.45, 7) is 0.1000. The van der Waals surface area contributed by atoms with Crippen molar-refractivity contribution in [2.75, 3.05) is 13.7 Å². The van der Waals surface area contributed by atoms with Gasteiger partial charge in [-0.15, -0.1) is 0 Å². The van der Waals surface area contributed by atoms with Gasteiger partial charge in [-0.3, -0.25) is 4.79 Å². The number of phenols is 1. The SMILES string of the molecule is COc1ccc(O)c(/C=N/NC(=O)C2COc3ccccc3O2)c1. The lowest BCUT2D eigenvalue weighted by Crippen LogP contribution is -2.42. The Bertz CT molecular complexity index is 775.